The van der Waals surface area contributed by atoms with Crippen molar-refractivity contribution in [3.05, 3.63) is 59.3 Å². The van der Waals surface area contributed by atoms with Crippen molar-refractivity contribution in [3.63, 3.8) is 0 Å². The van der Waals surface area contributed by atoms with Crippen molar-refractivity contribution in [2.75, 3.05) is 18.5 Å². The van der Waals surface area contributed by atoms with E-state index >= 15 is 0 Å². The number of aromatic nitrogens is 4. The van der Waals surface area contributed by atoms with Crippen LogP contribution in [0.4, 0.5) is 10.2 Å². The molecule has 9 nitrogen and oxygen atoms in total. The average Bonchev–Trinajstić information content (AvgIpc) is 3.35. The minimum absolute atomic E-state index is 0.181. The number of H-pyrrole nitrogens is 1. The molecule has 0 spiro atoms. The number of hydrogen-bond donors (Lipinski definition) is 2. The maximum atomic E-state index is 14.6. The van der Waals surface area contributed by atoms with Crippen LogP contribution < -0.4 is 10.1 Å². The minimum Gasteiger partial charge on any atom is -0.490 e. The molecular weight excluding hydrogens is 475 g/mol. The molecule has 1 atom stereocenters. The molecular formula is C27H33FN6O3. The normalized spacial score (nSPS) is 18.1. The van der Waals surface area contributed by atoms with Crippen LogP contribution >= 0.6 is 0 Å². The van der Waals surface area contributed by atoms with Crippen LogP contribution in [0.2, 0.25) is 0 Å². The fourth-order valence-corrected chi connectivity index (χ4v) is 4.47. The summed E-state index contributed by atoms with van der Waals surface area (Å²) in [6.07, 6.45) is 8.02. The van der Waals surface area contributed by atoms with Gasteiger partial charge in [0.1, 0.15) is 0 Å². The van der Waals surface area contributed by atoms with Crippen molar-refractivity contribution >= 4 is 17.6 Å². The van der Waals surface area contributed by atoms with Gasteiger partial charge < -0.3 is 15.0 Å². The van der Waals surface area contributed by atoms with E-state index in [9.17, 15) is 14.0 Å². The Morgan fingerprint density at radius 1 is 1.16 bits per heavy atom. The number of halogens is 1. The van der Waals surface area contributed by atoms with Gasteiger partial charge in [-0.15, -0.1) is 0 Å². The Labute approximate surface area is 215 Å². The van der Waals surface area contributed by atoms with Crippen molar-refractivity contribution in [3.8, 4) is 5.75 Å². The number of likely N-dealkylation sites (tertiary alicyclic amines) is 1. The number of nitrogens with one attached hydrogen (secondary N) is 2. The summed E-state index contributed by atoms with van der Waals surface area (Å²) in [7, 11) is 0. The first-order chi connectivity index (χ1) is 17.7. The third-order valence-electron chi connectivity index (χ3n) is 6.84. The maximum absolute atomic E-state index is 14.6. The first-order valence-corrected chi connectivity index (χ1v) is 12.8. The molecule has 5 rings (SSSR count). The Balaban J connectivity index is 1.27. The number of hydrogen-bond acceptors (Lipinski definition) is 5. The van der Waals surface area contributed by atoms with E-state index in [1.807, 2.05) is 20.8 Å². The largest absolute Gasteiger partial charge is 0.490 e. The molecule has 1 unspecified atom stereocenters. The molecule has 2 aliphatic rings. The quantitative estimate of drug-likeness (QED) is 0.472. The van der Waals surface area contributed by atoms with Gasteiger partial charge in [0.05, 0.1) is 35.6 Å². The van der Waals surface area contributed by atoms with Crippen molar-refractivity contribution in [2.45, 2.75) is 64.5 Å². The fourth-order valence-electron chi connectivity index (χ4n) is 4.47. The molecule has 196 valence electrons. The predicted molar refractivity (Wildman–Crippen MR) is 136 cm³/mol. The molecule has 2 aromatic heterocycles. The van der Waals surface area contributed by atoms with Crippen LogP contribution in [0.1, 0.15) is 85.3 Å². The highest BCUT2D eigenvalue weighted by Crippen LogP contribution is 2.33. The molecule has 1 aliphatic carbocycles. The lowest BCUT2D eigenvalue weighted by Gasteiger charge is -2.35. The topological polar surface area (TPSA) is 105 Å². The van der Waals surface area contributed by atoms with Crippen molar-refractivity contribution < 1.29 is 18.7 Å². The van der Waals surface area contributed by atoms with Crippen LogP contribution in [-0.4, -0.2) is 49.8 Å². The van der Waals surface area contributed by atoms with Gasteiger partial charge in [-0.3, -0.25) is 19.4 Å². The summed E-state index contributed by atoms with van der Waals surface area (Å²) in [5.74, 6) is -0.0245. The molecule has 1 aromatic carbocycles. The summed E-state index contributed by atoms with van der Waals surface area (Å²) in [5.41, 5.74) is 1.20. The van der Waals surface area contributed by atoms with Gasteiger partial charge in [-0.1, -0.05) is 0 Å². The standard InChI is InChI=1S/C27H33FN6O3/c1-27(2,3)34-15-19(14-29-34)25(35)30-24-13-21(31-32-24)22-6-4-5-11-33(22)26(36)18-9-10-23(20(28)12-18)37-16-17-7-8-17/h9-10,12-15,17,22H,4-8,11,16H2,1-3H3,(H2,30,31,32,35). The predicted octanol–water partition coefficient (Wildman–Crippen LogP) is 4.91. The molecule has 10 heteroatoms. The molecule has 0 radical (unpaired) electrons. The highest BCUT2D eigenvalue weighted by molar-refractivity contribution is 6.03. The van der Waals surface area contributed by atoms with E-state index in [2.05, 4.69) is 20.6 Å². The number of nitrogens with zero attached hydrogens (tertiary/aromatic N) is 4. The zero-order chi connectivity index (χ0) is 26.2. The van der Waals surface area contributed by atoms with E-state index in [0.717, 1.165) is 37.8 Å². The van der Waals surface area contributed by atoms with Gasteiger partial charge in [0.25, 0.3) is 11.8 Å². The lowest BCUT2D eigenvalue weighted by molar-refractivity contribution is 0.0605. The maximum Gasteiger partial charge on any atom is 0.260 e. The number of anilines is 1. The number of carbonyl (C=O) groups is 2. The summed E-state index contributed by atoms with van der Waals surface area (Å²) in [5, 5.41) is 14.3. The van der Waals surface area contributed by atoms with Gasteiger partial charge in [-0.05, 0) is 77.0 Å². The highest BCUT2D eigenvalue weighted by atomic mass is 19.1. The third-order valence-corrected chi connectivity index (χ3v) is 6.84. The number of benzene rings is 1. The molecule has 2 fully saturated rings. The van der Waals surface area contributed by atoms with Crippen molar-refractivity contribution in [1.82, 2.24) is 24.9 Å². The molecule has 1 saturated carbocycles. The van der Waals surface area contributed by atoms with E-state index in [0.29, 0.717) is 30.5 Å². The van der Waals surface area contributed by atoms with Gasteiger partial charge in [-0.2, -0.15) is 10.2 Å². The van der Waals surface area contributed by atoms with Crippen LogP contribution in [0.15, 0.2) is 36.7 Å². The molecule has 37 heavy (non-hydrogen) atoms. The monoisotopic (exact) mass is 508 g/mol. The molecule has 3 heterocycles. The lowest BCUT2D eigenvalue weighted by atomic mass is 9.98. The smallest absolute Gasteiger partial charge is 0.260 e. The molecule has 2 N–H and O–H groups in total. The van der Waals surface area contributed by atoms with Crippen LogP contribution in [0, 0.1) is 11.7 Å². The Morgan fingerprint density at radius 2 is 1.97 bits per heavy atom. The molecule has 2 amide bonds. The first kappa shape index (κ1) is 25.0. The van der Waals surface area contributed by atoms with E-state index in [4.69, 9.17) is 4.74 Å². The van der Waals surface area contributed by atoms with Crippen molar-refractivity contribution in [1.29, 1.82) is 0 Å². The molecule has 1 aliphatic heterocycles. The molecule has 3 aromatic rings. The van der Waals surface area contributed by atoms with Gasteiger partial charge >= 0.3 is 0 Å². The molecule has 1 saturated heterocycles. The number of aromatic amines is 1. The van der Waals surface area contributed by atoms with Crippen molar-refractivity contribution in [2.24, 2.45) is 5.92 Å². The Kier molecular flexibility index (Phi) is 6.74. The molecule has 0 bridgehead atoms. The van der Waals surface area contributed by atoms with E-state index in [-0.39, 0.29) is 34.7 Å². The Hall–Kier alpha value is -3.69. The van der Waals surface area contributed by atoms with E-state index in [1.54, 1.807) is 27.9 Å². The van der Waals surface area contributed by atoms with Crippen LogP contribution in [0.5, 0.6) is 5.75 Å². The van der Waals surface area contributed by atoms with Crippen LogP contribution in [-0.2, 0) is 5.54 Å². The second kappa shape index (κ2) is 9.99. The summed E-state index contributed by atoms with van der Waals surface area (Å²) in [4.78, 5) is 27.8. The zero-order valence-electron chi connectivity index (χ0n) is 21.5. The van der Waals surface area contributed by atoms with E-state index in [1.165, 1.54) is 18.3 Å². The number of ether oxygens (including phenoxy) is 1. The number of carbonyl (C=O) groups excluding carboxylic acids is 2. The summed E-state index contributed by atoms with van der Waals surface area (Å²) in [6.45, 7) is 7.08. The first-order valence-electron chi connectivity index (χ1n) is 12.8. The second-order valence-electron chi connectivity index (χ2n) is 10.9. The Bertz CT molecular complexity index is 1290. The summed E-state index contributed by atoms with van der Waals surface area (Å²) < 4.78 is 21.9. The number of piperidine rings is 1. The van der Waals surface area contributed by atoms with Gasteiger partial charge in [0.2, 0.25) is 0 Å². The van der Waals surface area contributed by atoms with Crippen LogP contribution in [0.25, 0.3) is 0 Å². The minimum atomic E-state index is -0.526. The summed E-state index contributed by atoms with van der Waals surface area (Å²) >= 11 is 0. The number of amides is 2. The highest BCUT2D eigenvalue weighted by Gasteiger charge is 2.31. The fraction of sp³-hybridized carbons (Fsp3) is 0.481. The second-order valence-corrected chi connectivity index (χ2v) is 10.9. The van der Waals surface area contributed by atoms with E-state index < -0.39 is 5.82 Å². The number of rotatable bonds is 7. The Morgan fingerprint density at radius 3 is 2.68 bits per heavy atom. The summed E-state index contributed by atoms with van der Waals surface area (Å²) in [6, 6.07) is 5.91. The van der Waals surface area contributed by atoms with Crippen LogP contribution in [0.3, 0.4) is 0 Å². The SMILES string of the molecule is CC(C)(C)n1cc(C(=O)Nc2cc(C3CCCCN3C(=O)c3ccc(OCC4CC4)c(F)c3)[nH]n2)cn1. The van der Waals surface area contributed by atoms with Gasteiger partial charge in [0, 0.05) is 24.4 Å². The van der Waals surface area contributed by atoms with Gasteiger partial charge in [0.15, 0.2) is 17.4 Å². The zero-order valence-corrected chi connectivity index (χ0v) is 21.5. The average molecular weight is 509 g/mol. The third kappa shape index (κ3) is 5.68. The lowest BCUT2D eigenvalue weighted by Crippen LogP contribution is -2.38. The van der Waals surface area contributed by atoms with Gasteiger partial charge in [-0.25, -0.2) is 4.39 Å².